The van der Waals surface area contributed by atoms with E-state index in [2.05, 4.69) is 17.2 Å². The number of alkyl carbamates (subject to hydrolysis) is 1. The molecule has 1 heterocycles. The normalized spacial score (nSPS) is 13.3. The molecule has 0 spiro atoms. The number of nitrogens with zero attached hydrogens (tertiary/aromatic N) is 2. The highest BCUT2D eigenvalue weighted by Crippen LogP contribution is 2.21. The maximum Gasteiger partial charge on any atom is 0.407 e. The highest BCUT2D eigenvalue weighted by Gasteiger charge is 2.14. The molecule has 0 fully saturated rings. The van der Waals surface area contributed by atoms with E-state index >= 15 is 0 Å². The quantitative estimate of drug-likeness (QED) is 0.674. The van der Waals surface area contributed by atoms with Crippen molar-refractivity contribution in [2.45, 2.75) is 13.0 Å². The Morgan fingerprint density at radius 1 is 1.13 bits per heavy atom. The molecule has 2 aromatic carbocycles. The molecule has 1 N–H and O–H groups in total. The van der Waals surface area contributed by atoms with Crippen LogP contribution in [0.4, 0.5) is 4.79 Å². The van der Waals surface area contributed by atoms with Gasteiger partial charge in [0.2, 0.25) is 0 Å². The molecule has 1 amide bonds. The zero-order valence-corrected chi connectivity index (χ0v) is 17.0. The van der Waals surface area contributed by atoms with Gasteiger partial charge in [0.05, 0.1) is 10.9 Å². The molecule has 6 nitrogen and oxygen atoms in total. The molecule has 1 aromatic heterocycles. The van der Waals surface area contributed by atoms with Crippen molar-refractivity contribution < 1.29 is 9.53 Å². The van der Waals surface area contributed by atoms with Crippen molar-refractivity contribution in [1.82, 2.24) is 14.9 Å². The van der Waals surface area contributed by atoms with Gasteiger partial charge >= 0.3 is 6.09 Å². The van der Waals surface area contributed by atoms with Crippen LogP contribution in [0, 0.1) is 7.11 Å². The number of rotatable bonds is 5. The Morgan fingerprint density at radius 3 is 2.71 bits per heavy atom. The lowest BCUT2D eigenvalue weighted by Gasteiger charge is -2.15. The van der Waals surface area contributed by atoms with E-state index < -0.39 is 6.09 Å². The van der Waals surface area contributed by atoms with Crippen LogP contribution in [-0.2, 0) is 11.3 Å². The van der Waals surface area contributed by atoms with Gasteiger partial charge in [0.1, 0.15) is 12.9 Å². The van der Waals surface area contributed by atoms with E-state index in [9.17, 15) is 9.59 Å². The molecule has 1 aliphatic carbocycles. The van der Waals surface area contributed by atoms with Crippen LogP contribution in [-0.4, -0.2) is 22.2 Å². The van der Waals surface area contributed by atoms with E-state index in [1.165, 1.54) is 0 Å². The van der Waals surface area contributed by atoms with Gasteiger partial charge in [0, 0.05) is 18.7 Å². The molecule has 0 aliphatic heterocycles. The number of carbonyl (C=O) groups is 1. The summed E-state index contributed by atoms with van der Waals surface area (Å²) in [6, 6.07) is 17.1. The summed E-state index contributed by atoms with van der Waals surface area (Å²) < 4.78 is 6.12. The number of ether oxygens (including phenoxy) is 1. The molecule has 0 atom stereocenters. The van der Waals surface area contributed by atoms with Gasteiger partial charge in [-0.25, -0.2) is 9.78 Å². The second kappa shape index (κ2) is 9.26. The van der Waals surface area contributed by atoms with E-state index in [1.54, 1.807) is 10.6 Å². The molecule has 0 bridgehead atoms. The van der Waals surface area contributed by atoms with Crippen LogP contribution in [0.3, 0.4) is 0 Å². The maximum absolute atomic E-state index is 13.4. The first-order valence-corrected chi connectivity index (χ1v) is 9.95. The van der Waals surface area contributed by atoms with Crippen LogP contribution < -0.4 is 10.9 Å². The van der Waals surface area contributed by atoms with Crippen LogP contribution in [0.2, 0.25) is 0 Å². The Bertz CT molecular complexity index is 1250. The standard InChI is InChI=1S/C25H22N3O3/c1-31-25(30)26-16-18-9-5-6-10-19(15-18)17-28-23(20-11-3-2-4-12-20)27-22-14-8-7-13-21(22)24(28)29/h2-9,11-15H,1,10,16-17H2,(H,26,30). The smallest absolute Gasteiger partial charge is 0.407 e. The van der Waals surface area contributed by atoms with Crippen molar-refractivity contribution in [2.75, 3.05) is 6.54 Å². The van der Waals surface area contributed by atoms with E-state index in [4.69, 9.17) is 4.98 Å². The van der Waals surface area contributed by atoms with Gasteiger partial charge in [-0.05, 0) is 29.7 Å². The lowest BCUT2D eigenvalue weighted by Crippen LogP contribution is -2.25. The first-order valence-electron chi connectivity index (χ1n) is 9.95. The fourth-order valence-electron chi connectivity index (χ4n) is 3.55. The third kappa shape index (κ3) is 4.64. The van der Waals surface area contributed by atoms with Gasteiger partial charge in [0.25, 0.3) is 5.56 Å². The van der Waals surface area contributed by atoms with Gasteiger partial charge in [-0.15, -0.1) is 0 Å². The molecular weight excluding hydrogens is 390 g/mol. The van der Waals surface area contributed by atoms with Gasteiger partial charge < -0.3 is 10.1 Å². The van der Waals surface area contributed by atoms with E-state index in [-0.39, 0.29) is 5.56 Å². The third-order valence-corrected chi connectivity index (χ3v) is 5.04. The number of carbonyl (C=O) groups excluding carboxylic acids is 1. The number of fused-ring (bicyclic) bond motifs is 1. The summed E-state index contributed by atoms with van der Waals surface area (Å²) in [5.74, 6) is 0.628. The molecule has 31 heavy (non-hydrogen) atoms. The summed E-state index contributed by atoms with van der Waals surface area (Å²) in [6.45, 7) is 0.695. The second-order valence-electron chi connectivity index (χ2n) is 7.17. The summed E-state index contributed by atoms with van der Waals surface area (Å²) in [5.41, 5.74) is 3.40. The van der Waals surface area contributed by atoms with Gasteiger partial charge in [0.15, 0.2) is 0 Å². The van der Waals surface area contributed by atoms with Crippen LogP contribution >= 0.6 is 0 Å². The summed E-state index contributed by atoms with van der Waals surface area (Å²) in [6.07, 6.45) is 7.99. The van der Waals surface area contributed by atoms with Crippen molar-refractivity contribution in [3.05, 3.63) is 108 Å². The zero-order chi connectivity index (χ0) is 21.6. The lowest BCUT2D eigenvalue weighted by molar-refractivity contribution is 0.184. The Labute approximate surface area is 180 Å². The first-order chi connectivity index (χ1) is 15.2. The predicted molar refractivity (Wildman–Crippen MR) is 121 cm³/mol. The summed E-state index contributed by atoms with van der Waals surface area (Å²) in [4.78, 5) is 29.6. The topological polar surface area (TPSA) is 73.2 Å². The maximum atomic E-state index is 13.4. The van der Waals surface area contributed by atoms with Gasteiger partial charge in [-0.3, -0.25) is 9.36 Å². The highest BCUT2D eigenvalue weighted by molar-refractivity contribution is 5.79. The lowest BCUT2D eigenvalue weighted by atomic mass is 10.1. The highest BCUT2D eigenvalue weighted by atomic mass is 16.5. The summed E-state index contributed by atoms with van der Waals surface area (Å²) in [5, 5.41) is 3.22. The number of para-hydroxylation sites is 1. The Hall–Kier alpha value is -3.93. The predicted octanol–water partition coefficient (Wildman–Crippen LogP) is 4.39. The van der Waals surface area contributed by atoms with Crippen LogP contribution in [0.1, 0.15) is 6.42 Å². The van der Waals surface area contributed by atoms with Crippen molar-refractivity contribution >= 4 is 17.0 Å². The monoisotopic (exact) mass is 412 g/mol. The van der Waals surface area contributed by atoms with Crippen LogP contribution in [0.5, 0.6) is 0 Å². The van der Waals surface area contributed by atoms with Crippen molar-refractivity contribution in [1.29, 1.82) is 0 Å². The molecule has 6 heteroatoms. The average Bonchev–Trinajstić information content (AvgIpc) is 3.04. The molecule has 4 rings (SSSR count). The molecule has 3 aromatic rings. The summed E-state index contributed by atoms with van der Waals surface area (Å²) in [7, 11) is 3.11. The van der Waals surface area contributed by atoms with Gasteiger partial charge in [-0.2, -0.15) is 0 Å². The fraction of sp³-hybridized carbons (Fsp3) is 0.120. The number of benzene rings is 2. The number of aromatic nitrogens is 2. The van der Waals surface area contributed by atoms with E-state index in [0.717, 1.165) is 16.7 Å². The van der Waals surface area contributed by atoms with Crippen LogP contribution in [0.15, 0.2) is 94.8 Å². The zero-order valence-electron chi connectivity index (χ0n) is 17.0. The Balaban J connectivity index is 1.75. The molecule has 0 unspecified atom stereocenters. The Kier molecular flexibility index (Phi) is 6.08. The SMILES string of the molecule is [CH2]OC(=O)NCC1=CC=CCC(Cn2c(-c3ccccc3)nc3ccccc3c2=O)=C1. The molecule has 155 valence electrons. The van der Waals surface area contributed by atoms with Crippen molar-refractivity contribution in [3.63, 3.8) is 0 Å². The summed E-state index contributed by atoms with van der Waals surface area (Å²) >= 11 is 0. The van der Waals surface area contributed by atoms with E-state index in [1.807, 2.05) is 72.8 Å². The number of nitrogens with one attached hydrogen (secondary N) is 1. The third-order valence-electron chi connectivity index (χ3n) is 5.04. The minimum absolute atomic E-state index is 0.0807. The number of amides is 1. The van der Waals surface area contributed by atoms with Crippen molar-refractivity contribution in [3.8, 4) is 11.4 Å². The minimum atomic E-state index is -0.592. The van der Waals surface area contributed by atoms with Gasteiger partial charge in [-0.1, -0.05) is 66.8 Å². The molecule has 0 saturated carbocycles. The van der Waals surface area contributed by atoms with Crippen LogP contribution in [0.25, 0.3) is 22.3 Å². The molecular formula is C25H22N3O3. The number of hydrogen-bond acceptors (Lipinski definition) is 4. The Morgan fingerprint density at radius 2 is 1.90 bits per heavy atom. The first kappa shape index (κ1) is 20.3. The van der Waals surface area contributed by atoms with Crippen molar-refractivity contribution in [2.24, 2.45) is 0 Å². The number of hydrogen-bond donors (Lipinski definition) is 1. The fourth-order valence-corrected chi connectivity index (χ4v) is 3.55. The number of allylic oxidation sites excluding steroid dienone is 4. The molecule has 1 radical (unpaired) electrons. The molecule has 1 aliphatic rings. The molecule has 0 saturated heterocycles. The minimum Gasteiger partial charge on any atom is -0.446 e. The second-order valence-corrected chi connectivity index (χ2v) is 7.17. The van der Waals surface area contributed by atoms with E-state index in [0.29, 0.717) is 36.2 Å². The largest absolute Gasteiger partial charge is 0.446 e. The average molecular weight is 412 g/mol.